The van der Waals surface area contributed by atoms with Crippen molar-refractivity contribution in [3.8, 4) is 0 Å². The Bertz CT molecular complexity index is 383. The molecule has 0 radical (unpaired) electrons. The van der Waals surface area contributed by atoms with Crippen LogP contribution in [0.25, 0.3) is 0 Å². The second-order valence-corrected chi connectivity index (χ2v) is 3.05. The molecule has 0 saturated carbocycles. The second-order valence-electron chi connectivity index (χ2n) is 2.69. The van der Waals surface area contributed by atoms with Crippen molar-refractivity contribution in [2.75, 3.05) is 0 Å². The monoisotopic (exact) mass is 226 g/mol. The Hall–Kier alpha value is -1.04. The number of nitrogens with zero attached hydrogens (tertiary/aromatic N) is 2. The second kappa shape index (κ2) is 3.27. The summed E-state index contributed by atoms with van der Waals surface area (Å²) in [6, 6.07) is 0. The smallest absolute Gasteiger partial charge is 0.294 e. The molecule has 0 aliphatic rings. The van der Waals surface area contributed by atoms with Crippen LogP contribution in [-0.2, 0) is 13.2 Å². The molecule has 0 unspecified atom stereocenters. The van der Waals surface area contributed by atoms with Crippen molar-refractivity contribution < 1.29 is 18.0 Å². The van der Waals surface area contributed by atoms with Crippen LogP contribution < -0.4 is 0 Å². The maximum atomic E-state index is 12.4. The van der Waals surface area contributed by atoms with Gasteiger partial charge in [-0.25, -0.2) is 0 Å². The van der Waals surface area contributed by atoms with E-state index in [1.165, 1.54) is 0 Å². The molecule has 0 saturated heterocycles. The van der Waals surface area contributed by atoms with Gasteiger partial charge < -0.3 is 0 Å². The van der Waals surface area contributed by atoms with E-state index in [0.29, 0.717) is 4.68 Å². The van der Waals surface area contributed by atoms with E-state index < -0.39 is 28.4 Å². The van der Waals surface area contributed by atoms with Gasteiger partial charge in [0.05, 0.1) is 5.56 Å². The van der Waals surface area contributed by atoms with Crippen LogP contribution in [-0.4, -0.2) is 15.6 Å². The summed E-state index contributed by atoms with van der Waals surface area (Å²) in [5.74, 6) is -0.754. The van der Waals surface area contributed by atoms with Gasteiger partial charge in [-0.05, 0) is 6.92 Å². The lowest BCUT2D eigenvalue weighted by molar-refractivity contribution is -0.144. The first-order valence-electron chi connectivity index (χ1n) is 3.55. The van der Waals surface area contributed by atoms with Gasteiger partial charge in [0.2, 0.25) is 0 Å². The number of ketones is 1. The number of carbonyl (C=O) groups excluding carboxylic acids is 1. The molecule has 1 aromatic heterocycles. The van der Waals surface area contributed by atoms with E-state index in [0.717, 1.165) is 14.0 Å². The Morgan fingerprint density at radius 1 is 1.50 bits per heavy atom. The van der Waals surface area contributed by atoms with Gasteiger partial charge in [-0.15, -0.1) is 0 Å². The summed E-state index contributed by atoms with van der Waals surface area (Å²) in [7, 11) is 1.08. The number of hydrogen-bond acceptors (Lipinski definition) is 2. The van der Waals surface area contributed by atoms with Gasteiger partial charge in [0.25, 0.3) is 0 Å². The molecule has 78 valence electrons. The Kier molecular flexibility index (Phi) is 2.58. The molecule has 1 aromatic rings. The highest BCUT2D eigenvalue weighted by Gasteiger charge is 2.40. The topological polar surface area (TPSA) is 34.9 Å². The lowest BCUT2D eigenvalue weighted by Crippen LogP contribution is -2.15. The molecule has 0 spiro atoms. The Morgan fingerprint density at radius 3 is 2.29 bits per heavy atom. The first-order valence-corrected chi connectivity index (χ1v) is 3.93. The highest BCUT2D eigenvalue weighted by atomic mass is 35.5. The predicted molar refractivity (Wildman–Crippen MR) is 43.2 cm³/mol. The van der Waals surface area contributed by atoms with Gasteiger partial charge in [0, 0.05) is 7.05 Å². The van der Waals surface area contributed by atoms with Gasteiger partial charge in [-0.3, -0.25) is 9.48 Å². The maximum Gasteiger partial charge on any atom is 0.433 e. The lowest BCUT2D eigenvalue weighted by Gasteiger charge is -2.07. The van der Waals surface area contributed by atoms with Gasteiger partial charge in [-0.2, -0.15) is 18.3 Å². The average molecular weight is 227 g/mol. The fourth-order valence-electron chi connectivity index (χ4n) is 1.13. The summed E-state index contributed by atoms with van der Waals surface area (Å²) in [4.78, 5) is 10.9. The van der Waals surface area contributed by atoms with Crippen LogP contribution in [0.1, 0.15) is 23.0 Å². The number of halogens is 4. The minimum absolute atomic E-state index is 0.424. The van der Waals surface area contributed by atoms with Crippen LogP contribution in [0.2, 0.25) is 5.15 Å². The fourth-order valence-corrected chi connectivity index (χ4v) is 1.46. The van der Waals surface area contributed by atoms with Crippen LogP contribution in [0.3, 0.4) is 0 Å². The summed E-state index contributed by atoms with van der Waals surface area (Å²) in [6.07, 6.45) is -4.63. The zero-order valence-electron chi connectivity index (χ0n) is 7.31. The summed E-state index contributed by atoms with van der Waals surface area (Å²) in [5.41, 5.74) is -1.70. The molecule has 0 bridgehead atoms. The van der Waals surface area contributed by atoms with Crippen molar-refractivity contribution in [1.82, 2.24) is 9.78 Å². The number of aryl methyl sites for hydroxylation is 1. The lowest BCUT2D eigenvalue weighted by atomic mass is 10.2. The average Bonchev–Trinajstić information content (AvgIpc) is 2.23. The molecule has 0 N–H and O–H groups in total. The quantitative estimate of drug-likeness (QED) is 0.689. The molecule has 0 fully saturated rings. The first-order chi connectivity index (χ1) is 6.25. The minimum atomic E-state index is -4.63. The van der Waals surface area contributed by atoms with Crippen LogP contribution >= 0.6 is 11.6 Å². The highest BCUT2D eigenvalue weighted by molar-refractivity contribution is 6.32. The van der Waals surface area contributed by atoms with Crippen LogP contribution in [0.4, 0.5) is 13.2 Å². The SMILES string of the molecule is CC(=O)c1c(Cl)nn(C)c1C(F)(F)F. The summed E-state index contributed by atoms with van der Waals surface area (Å²) in [6.45, 7) is 1.01. The van der Waals surface area contributed by atoms with Crippen molar-refractivity contribution >= 4 is 17.4 Å². The molecule has 14 heavy (non-hydrogen) atoms. The predicted octanol–water partition coefficient (Wildman–Crippen LogP) is 2.29. The molecule has 0 amide bonds. The standard InChI is InChI=1S/C7H6ClF3N2O/c1-3(14)4-5(7(9,10)11)13(2)12-6(4)8/h1-2H3. The van der Waals surface area contributed by atoms with E-state index in [2.05, 4.69) is 5.10 Å². The van der Waals surface area contributed by atoms with Crippen molar-refractivity contribution in [2.24, 2.45) is 7.05 Å². The molecule has 0 aliphatic heterocycles. The van der Waals surface area contributed by atoms with Crippen LogP contribution in [0.5, 0.6) is 0 Å². The Balaban J connectivity index is 3.48. The summed E-state index contributed by atoms with van der Waals surface area (Å²) >= 11 is 5.40. The van der Waals surface area contributed by atoms with Gasteiger partial charge in [-0.1, -0.05) is 11.6 Å². The molecule has 1 rings (SSSR count). The zero-order chi connectivity index (χ0) is 11.1. The molecule has 0 aromatic carbocycles. The highest BCUT2D eigenvalue weighted by Crippen LogP contribution is 2.34. The maximum absolute atomic E-state index is 12.4. The Morgan fingerprint density at radius 2 is 2.00 bits per heavy atom. The summed E-state index contributed by atoms with van der Waals surface area (Å²) in [5, 5.41) is 2.92. The van der Waals surface area contributed by atoms with Crippen molar-refractivity contribution in [3.63, 3.8) is 0 Å². The number of rotatable bonds is 1. The third kappa shape index (κ3) is 1.75. The van der Waals surface area contributed by atoms with Crippen molar-refractivity contribution in [1.29, 1.82) is 0 Å². The third-order valence-electron chi connectivity index (χ3n) is 1.63. The van der Waals surface area contributed by atoms with Crippen molar-refractivity contribution in [2.45, 2.75) is 13.1 Å². The normalized spacial score (nSPS) is 11.9. The Labute approximate surface area is 82.5 Å². The van der Waals surface area contributed by atoms with E-state index in [9.17, 15) is 18.0 Å². The molecule has 7 heteroatoms. The van der Waals surface area contributed by atoms with Gasteiger partial charge in [0.1, 0.15) is 0 Å². The summed E-state index contributed by atoms with van der Waals surface area (Å²) < 4.78 is 37.8. The molecule has 0 aliphatic carbocycles. The van der Waals surface area contributed by atoms with Gasteiger partial charge in [0.15, 0.2) is 16.6 Å². The third-order valence-corrected chi connectivity index (χ3v) is 1.89. The van der Waals surface area contributed by atoms with E-state index >= 15 is 0 Å². The van der Waals surface area contributed by atoms with E-state index in [1.807, 2.05) is 0 Å². The molecule has 1 heterocycles. The minimum Gasteiger partial charge on any atom is -0.294 e. The van der Waals surface area contributed by atoms with Crippen LogP contribution in [0, 0.1) is 0 Å². The van der Waals surface area contributed by atoms with E-state index in [4.69, 9.17) is 11.6 Å². The molecular weight excluding hydrogens is 221 g/mol. The fraction of sp³-hybridized carbons (Fsp3) is 0.429. The number of aromatic nitrogens is 2. The molecule has 3 nitrogen and oxygen atoms in total. The molecular formula is C7H6ClF3N2O. The number of carbonyl (C=O) groups is 1. The number of hydrogen-bond donors (Lipinski definition) is 0. The largest absolute Gasteiger partial charge is 0.433 e. The number of alkyl halides is 3. The zero-order valence-corrected chi connectivity index (χ0v) is 8.07. The van der Waals surface area contributed by atoms with Gasteiger partial charge >= 0.3 is 6.18 Å². The number of Topliss-reactive ketones (excluding diaryl/α,β-unsaturated/α-hetero) is 1. The van der Waals surface area contributed by atoms with E-state index in [1.54, 1.807) is 0 Å². The first kappa shape index (κ1) is 11.0. The molecule has 0 atom stereocenters. The van der Waals surface area contributed by atoms with Crippen molar-refractivity contribution in [3.05, 3.63) is 16.4 Å². The van der Waals surface area contributed by atoms with E-state index in [-0.39, 0.29) is 0 Å². The van der Waals surface area contributed by atoms with Crippen LogP contribution in [0.15, 0.2) is 0 Å².